The van der Waals surface area contributed by atoms with Crippen LogP contribution in [0.5, 0.6) is 0 Å². The first-order valence-electron chi connectivity index (χ1n) is 7.82. The van der Waals surface area contributed by atoms with Crippen molar-refractivity contribution in [2.24, 2.45) is 0 Å². The summed E-state index contributed by atoms with van der Waals surface area (Å²) in [6, 6.07) is 21.1. The van der Waals surface area contributed by atoms with Gasteiger partial charge in [-0.2, -0.15) is 0 Å². The quantitative estimate of drug-likeness (QED) is 0.751. The van der Waals surface area contributed by atoms with Crippen LogP contribution < -0.4 is 5.32 Å². The largest absolute Gasteiger partial charge is 0.431 e. The predicted octanol–water partition coefficient (Wildman–Crippen LogP) is 3.24. The number of rotatable bonds is 4. The fourth-order valence-corrected chi connectivity index (χ4v) is 3.07. The average molecular weight is 316 g/mol. The molecule has 0 amide bonds. The van der Waals surface area contributed by atoms with E-state index in [-0.39, 0.29) is 5.97 Å². The number of esters is 1. The van der Waals surface area contributed by atoms with Crippen LogP contribution in [0.2, 0.25) is 0 Å². The third-order valence-corrected chi connectivity index (χ3v) is 4.22. The van der Waals surface area contributed by atoms with Crippen LogP contribution in [-0.4, -0.2) is 11.0 Å². The molecule has 4 rings (SSSR count). The molecule has 3 aromatic rings. The Morgan fingerprint density at radius 1 is 0.958 bits per heavy atom. The lowest BCUT2D eigenvalue weighted by Crippen LogP contribution is -2.43. The van der Waals surface area contributed by atoms with Gasteiger partial charge in [-0.15, -0.1) is 0 Å². The summed E-state index contributed by atoms with van der Waals surface area (Å²) in [6.45, 7) is 0.532. The van der Waals surface area contributed by atoms with Crippen LogP contribution >= 0.6 is 0 Å². The van der Waals surface area contributed by atoms with E-state index in [2.05, 4.69) is 10.3 Å². The zero-order valence-corrected chi connectivity index (χ0v) is 13.0. The van der Waals surface area contributed by atoms with E-state index in [1.165, 1.54) is 0 Å². The topological polar surface area (TPSA) is 51.2 Å². The molecule has 0 unspecified atom stereocenters. The van der Waals surface area contributed by atoms with Gasteiger partial charge in [-0.25, -0.2) is 4.79 Å². The molecule has 0 spiro atoms. The summed E-state index contributed by atoms with van der Waals surface area (Å²) in [5.41, 5.74) is 2.37. The second-order valence-electron chi connectivity index (χ2n) is 5.70. The Morgan fingerprint density at radius 2 is 1.75 bits per heavy atom. The van der Waals surface area contributed by atoms with E-state index in [4.69, 9.17) is 4.74 Å². The standard InChI is InChI=1S/C20H16N2O2/c23-19-17-10-4-5-11-18(17)20(24-19,16-8-2-1-3-9-16)22-14-15-7-6-12-21-13-15/h1-13,22H,14H2/t20-/m0/s1. The lowest BCUT2D eigenvalue weighted by Gasteiger charge is -2.30. The molecule has 4 nitrogen and oxygen atoms in total. The summed E-state index contributed by atoms with van der Waals surface area (Å²) in [5, 5.41) is 3.43. The third kappa shape index (κ3) is 2.37. The third-order valence-electron chi connectivity index (χ3n) is 4.22. The van der Waals surface area contributed by atoms with E-state index in [0.29, 0.717) is 12.1 Å². The number of cyclic esters (lactones) is 1. The molecule has 4 heteroatoms. The molecular formula is C20H16N2O2. The fourth-order valence-electron chi connectivity index (χ4n) is 3.07. The normalized spacial score (nSPS) is 18.9. The van der Waals surface area contributed by atoms with Gasteiger partial charge in [0.15, 0.2) is 0 Å². The number of ether oxygens (including phenoxy) is 1. The molecule has 1 aliphatic rings. The maximum absolute atomic E-state index is 12.4. The van der Waals surface area contributed by atoms with Gasteiger partial charge >= 0.3 is 5.97 Å². The summed E-state index contributed by atoms with van der Waals surface area (Å²) in [7, 11) is 0. The van der Waals surface area contributed by atoms with Gasteiger partial charge in [0.2, 0.25) is 5.72 Å². The number of hydrogen-bond acceptors (Lipinski definition) is 4. The Balaban J connectivity index is 1.79. The van der Waals surface area contributed by atoms with E-state index < -0.39 is 5.72 Å². The monoisotopic (exact) mass is 316 g/mol. The van der Waals surface area contributed by atoms with Gasteiger partial charge in [0.1, 0.15) is 0 Å². The summed E-state index contributed by atoms with van der Waals surface area (Å²) < 4.78 is 5.86. The van der Waals surface area contributed by atoms with E-state index in [9.17, 15) is 4.79 Å². The van der Waals surface area contributed by atoms with Crippen LogP contribution in [0.1, 0.15) is 27.0 Å². The maximum atomic E-state index is 12.4. The smallest absolute Gasteiger partial charge is 0.340 e. The maximum Gasteiger partial charge on any atom is 0.340 e. The highest BCUT2D eigenvalue weighted by Gasteiger charge is 2.46. The molecule has 118 valence electrons. The lowest BCUT2D eigenvalue weighted by molar-refractivity contribution is -0.00585. The van der Waals surface area contributed by atoms with Crippen molar-refractivity contribution in [3.8, 4) is 0 Å². The van der Waals surface area contributed by atoms with Crippen molar-refractivity contribution in [3.05, 3.63) is 101 Å². The van der Waals surface area contributed by atoms with Gasteiger partial charge in [0, 0.05) is 30.1 Å². The van der Waals surface area contributed by atoms with Gasteiger partial charge in [0.05, 0.1) is 5.56 Å². The summed E-state index contributed by atoms with van der Waals surface area (Å²) in [5.74, 6) is -0.312. The van der Waals surface area contributed by atoms with Crippen molar-refractivity contribution in [2.45, 2.75) is 12.3 Å². The first kappa shape index (κ1) is 14.6. The number of benzene rings is 2. The number of fused-ring (bicyclic) bond motifs is 1. The zero-order valence-electron chi connectivity index (χ0n) is 13.0. The molecule has 1 aliphatic heterocycles. The first-order valence-corrected chi connectivity index (χ1v) is 7.82. The van der Waals surface area contributed by atoms with Crippen molar-refractivity contribution in [2.75, 3.05) is 0 Å². The minimum absolute atomic E-state index is 0.312. The molecule has 1 atom stereocenters. The van der Waals surface area contributed by atoms with Gasteiger partial charge in [-0.3, -0.25) is 10.3 Å². The number of aromatic nitrogens is 1. The van der Waals surface area contributed by atoms with E-state index in [1.54, 1.807) is 18.5 Å². The van der Waals surface area contributed by atoms with Crippen molar-refractivity contribution in [1.29, 1.82) is 0 Å². The highest BCUT2D eigenvalue weighted by Crippen LogP contribution is 2.39. The van der Waals surface area contributed by atoms with E-state index in [1.807, 2.05) is 60.7 Å². The average Bonchev–Trinajstić information content (AvgIpc) is 2.95. The highest BCUT2D eigenvalue weighted by molar-refractivity contribution is 5.95. The predicted molar refractivity (Wildman–Crippen MR) is 90.2 cm³/mol. The molecule has 1 aromatic heterocycles. The number of nitrogens with zero attached hydrogens (tertiary/aromatic N) is 1. The fraction of sp³-hybridized carbons (Fsp3) is 0.100. The second kappa shape index (κ2) is 5.91. The summed E-state index contributed by atoms with van der Waals surface area (Å²) in [6.07, 6.45) is 3.54. The van der Waals surface area contributed by atoms with Crippen LogP contribution in [0.3, 0.4) is 0 Å². The van der Waals surface area contributed by atoms with Crippen molar-refractivity contribution < 1.29 is 9.53 Å². The zero-order chi connectivity index (χ0) is 16.4. The molecule has 2 aromatic carbocycles. The lowest BCUT2D eigenvalue weighted by atomic mass is 9.92. The highest BCUT2D eigenvalue weighted by atomic mass is 16.6. The van der Waals surface area contributed by atoms with Gasteiger partial charge < -0.3 is 4.74 Å². The molecule has 0 bridgehead atoms. The molecule has 0 aliphatic carbocycles. The molecule has 2 heterocycles. The Labute approximate surface area is 140 Å². The second-order valence-corrected chi connectivity index (χ2v) is 5.70. The van der Waals surface area contributed by atoms with Crippen LogP contribution in [0, 0.1) is 0 Å². The number of carbonyl (C=O) groups excluding carboxylic acids is 1. The molecule has 0 fully saturated rings. The van der Waals surface area contributed by atoms with E-state index in [0.717, 1.165) is 16.7 Å². The Morgan fingerprint density at radius 3 is 2.54 bits per heavy atom. The van der Waals surface area contributed by atoms with Crippen LogP contribution in [-0.2, 0) is 17.0 Å². The number of hydrogen-bond donors (Lipinski definition) is 1. The molecule has 0 saturated carbocycles. The van der Waals surface area contributed by atoms with Crippen LogP contribution in [0.4, 0.5) is 0 Å². The summed E-state index contributed by atoms with van der Waals surface area (Å²) in [4.78, 5) is 16.5. The van der Waals surface area contributed by atoms with Gasteiger partial charge in [-0.1, -0.05) is 54.6 Å². The minimum Gasteiger partial charge on any atom is -0.431 e. The summed E-state index contributed by atoms with van der Waals surface area (Å²) >= 11 is 0. The molecular weight excluding hydrogens is 300 g/mol. The van der Waals surface area contributed by atoms with Crippen molar-refractivity contribution in [1.82, 2.24) is 10.3 Å². The number of pyridine rings is 1. The Kier molecular flexibility index (Phi) is 3.59. The van der Waals surface area contributed by atoms with Gasteiger partial charge in [0.25, 0.3) is 0 Å². The molecule has 24 heavy (non-hydrogen) atoms. The SMILES string of the molecule is O=C1O[C@@](NCc2cccnc2)(c2ccccc2)c2ccccc21. The van der Waals surface area contributed by atoms with Crippen LogP contribution in [0.25, 0.3) is 0 Å². The van der Waals surface area contributed by atoms with E-state index >= 15 is 0 Å². The molecule has 1 N–H and O–H groups in total. The molecule has 0 radical (unpaired) electrons. The number of nitrogens with one attached hydrogen (secondary N) is 1. The Hall–Kier alpha value is -2.98. The Bertz CT molecular complexity index is 865. The van der Waals surface area contributed by atoms with Crippen LogP contribution in [0.15, 0.2) is 79.1 Å². The number of carbonyl (C=O) groups is 1. The van der Waals surface area contributed by atoms with Crippen molar-refractivity contribution in [3.63, 3.8) is 0 Å². The molecule has 0 saturated heterocycles. The first-order chi connectivity index (χ1) is 11.8. The van der Waals surface area contributed by atoms with Crippen molar-refractivity contribution >= 4 is 5.97 Å². The van der Waals surface area contributed by atoms with Gasteiger partial charge in [-0.05, 0) is 17.7 Å². The minimum atomic E-state index is -0.981.